The molecule has 0 bridgehead atoms. The van der Waals surface area contributed by atoms with Gasteiger partial charge in [-0.05, 0) is 25.2 Å². The zero-order valence-electron chi connectivity index (χ0n) is 10.9. The number of aromatic nitrogens is 2. The van der Waals surface area contributed by atoms with Crippen LogP contribution >= 0.6 is 11.5 Å². The number of anilines is 1. The van der Waals surface area contributed by atoms with Gasteiger partial charge in [0.15, 0.2) is 0 Å². The summed E-state index contributed by atoms with van der Waals surface area (Å²) in [5.74, 6) is 1.63. The van der Waals surface area contributed by atoms with E-state index in [1.54, 1.807) is 0 Å². The fourth-order valence-electron chi connectivity index (χ4n) is 2.13. The highest BCUT2D eigenvalue weighted by Crippen LogP contribution is 2.26. The average Bonchev–Trinajstić information content (AvgIpc) is 2.82. The SMILES string of the molecule is CC(C)(C)c1nsc(NCC2CCC(N)C2)n1. The van der Waals surface area contributed by atoms with Crippen LogP contribution in [0.15, 0.2) is 0 Å². The Bertz CT molecular complexity index is 369. The fourth-order valence-corrected chi connectivity index (χ4v) is 2.89. The van der Waals surface area contributed by atoms with Crippen LogP contribution in [0.2, 0.25) is 0 Å². The van der Waals surface area contributed by atoms with Gasteiger partial charge in [0.2, 0.25) is 5.13 Å². The zero-order chi connectivity index (χ0) is 12.5. The molecule has 96 valence electrons. The van der Waals surface area contributed by atoms with Crippen LogP contribution < -0.4 is 11.1 Å². The van der Waals surface area contributed by atoms with Crippen molar-refractivity contribution in [3.05, 3.63) is 5.82 Å². The summed E-state index contributed by atoms with van der Waals surface area (Å²) < 4.78 is 4.39. The predicted octanol–water partition coefficient (Wildman–Crippen LogP) is 2.37. The Morgan fingerprint density at radius 2 is 2.18 bits per heavy atom. The van der Waals surface area contributed by atoms with Gasteiger partial charge in [0.25, 0.3) is 0 Å². The smallest absolute Gasteiger partial charge is 0.202 e. The monoisotopic (exact) mass is 254 g/mol. The largest absolute Gasteiger partial charge is 0.360 e. The van der Waals surface area contributed by atoms with Gasteiger partial charge in [-0.2, -0.15) is 4.37 Å². The van der Waals surface area contributed by atoms with Crippen LogP contribution in [0.25, 0.3) is 0 Å². The molecular formula is C12H22N4S. The highest BCUT2D eigenvalue weighted by molar-refractivity contribution is 7.09. The molecule has 1 aliphatic carbocycles. The normalized spacial score (nSPS) is 25.2. The minimum atomic E-state index is 0.0339. The van der Waals surface area contributed by atoms with Crippen LogP contribution in [0.4, 0.5) is 5.13 Å². The van der Waals surface area contributed by atoms with E-state index >= 15 is 0 Å². The first kappa shape index (κ1) is 12.8. The molecule has 1 fully saturated rings. The molecule has 1 aliphatic rings. The topological polar surface area (TPSA) is 63.8 Å². The third-order valence-electron chi connectivity index (χ3n) is 3.22. The third kappa shape index (κ3) is 3.39. The minimum absolute atomic E-state index is 0.0339. The standard InChI is InChI=1S/C12H22N4S/c1-12(2,3)10-15-11(17-16-10)14-7-8-4-5-9(13)6-8/h8-9H,4-7,13H2,1-3H3,(H,14,15,16). The fraction of sp³-hybridized carbons (Fsp3) is 0.833. The van der Waals surface area contributed by atoms with Gasteiger partial charge in [-0.3, -0.25) is 0 Å². The number of nitrogens with two attached hydrogens (primary N) is 1. The number of nitrogens with one attached hydrogen (secondary N) is 1. The van der Waals surface area contributed by atoms with E-state index in [1.807, 2.05) is 0 Å². The Balaban J connectivity index is 1.85. The molecule has 0 aliphatic heterocycles. The van der Waals surface area contributed by atoms with Crippen LogP contribution in [0.1, 0.15) is 45.9 Å². The number of nitrogens with zero attached hydrogens (tertiary/aromatic N) is 2. The lowest BCUT2D eigenvalue weighted by Gasteiger charge is -2.12. The average molecular weight is 254 g/mol. The molecule has 0 spiro atoms. The summed E-state index contributed by atoms with van der Waals surface area (Å²) in [6, 6.07) is 0.404. The number of rotatable bonds is 3. The van der Waals surface area contributed by atoms with Crippen LogP contribution in [0, 0.1) is 5.92 Å². The van der Waals surface area contributed by atoms with Crippen molar-refractivity contribution in [2.24, 2.45) is 11.7 Å². The van der Waals surface area contributed by atoms with E-state index in [0.29, 0.717) is 12.0 Å². The van der Waals surface area contributed by atoms with Crippen LogP contribution in [-0.2, 0) is 5.41 Å². The third-order valence-corrected chi connectivity index (χ3v) is 3.89. The summed E-state index contributed by atoms with van der Waals surface area (Å²) in [6.45, 7) is 7.38. The van der Waals surface area contributed by atoms with Gasteiger partial charge in [0.1, 0.15) is 5.82 Å². The van der Waals surface area contributed by atoms with Crippen molar-refractivity contribution in [1.29, 1.82) is 0 Å². The summed E-state index contributed by atoms with van der Waals surface area (Å²) in [4.78, 5) is 4.53. The van der Waals surface area contributed by atoms with Gasteiger partial charge >= 0.3 is 0 Å². The minimum Gasteiger partial charge on any atom is -0.360 e. The molecule has 2 unspecified atom stereocenters. The van der Waals surface area contributed by atoms with Gasteiger partial charge in [-0.15, -0.1) is 0 Å². The van der Waals surface area contributed by atoms with E-state index in [9.17, 15) is 0 Å². The Hall–Kier alpha value is -0.680. The zero-order valence-corrected chi connectivity index (χ0v) is 11.7. The molecule has 1 aromatic heterocycles. The van der Waals surface area contributed by atoms with Gasteiger partial charge < -0.3 is 11.1 Å². The summed E-state index contributed by atoms with van der Waals surface area (Å²) in [6.07, 6.45) is 3.53. The van der Waals surface area contributed by atoms with Crippen molar-refractivity contribution in [2.75, 3.05) is 11.9 Å². The van der Waals surface area contributed by atoms with Crippen molar-refractivity contribution in [3.63, 3.8) is 0 Å². The summed E-state index contributed by atoms with van der Waals surface area (Å²) in [7, 11) is 0. The highest BCUT2D eigenvalue weighted by Gasteiger charge is 2.23. The van der Waals surface area contributed by atoms with Crippen LogP contribution in [0.3, 0.4) is 0 Å². The molecule has 4 nitrogen and oxygen atoms in total. The van der Waals surface area contributed by atoms with E-state index in [1.165, 1.54) is 18.0 Å². The van der Waals surface area contributed by atoms with E-state index in [2.05, 4.69) is 35.4 Å². The number of hydrogen-bond acceptors (Lipinski definition) is 5. The second-order valence-electron chi connectivity index (χ2n) is 5.99. The molecular weight excluding hydrogens is 232 g/mol. The Labute approximate surface area is 107 Å². The summed E-state index contributed by atoms with van der Waals surface area (Å²) >= 11 is 1.46. The quantitative estimate of drug-likeness (QED) is 0.869. The van der Waals surface area contributed by atoms with Crippen LogP contribution in [-0.4, -0.2) is 21.9 Å². The maximum absolute atomic E-state index is 5.90. The maximum Gasteiger partial charge on any atom is 0.202 e. The Morgan fingerprint density at radius 3 is 2.71 bits per heavy atom. The molecule has 0 aromatic carbocycles. The lowest BCUT2D eigenvalue weighted by molar-refractivity contribution is 0.552. The Morgan fingerprint density at radius 1 is 1.41 bits per heavy atom. The van der Waals surface area contributed by atoms with Crippen molar-refractivity contribution in [3.8, 4) is 0 Å². The lowest BCUT2D eigenvalue weighted by Crippen LogP contribution is -2.18. The van der Waals surface area contributed by atoms with E-state index in [-0.39, 0.29) is 5.41 Å². The Kier molecular flexibility index (Phi) is 3.68. The van der Waals surface area contributed by atoms with Gasteiger partial charge in [-0.25, -0.2) is 4.98 Å². The highest BCUT2D eigenvalue weighted by atomic mass is 32.1. The molecule has 1 heterocycles. The molecule has 1 saturated carbocycles. The van der Waals surface area contributed by atoms with E-state index in [0.717, 1.165) is 30.3 Å². The van der Waals surface area contributed by atoms with E-state index < -0.39 is 0 Å². The predicted molar refractivity (Wildman–Crippen MR) is 72.4 cm³/mol. The molecule has 1 aromatic rings. The molecule has 0 radical (unpaired) electrons. The second-order valence-corrected chi connectivity index (χ2v) is 6.75. The van der Waals surface area contributed by atoms with Crippen molar-refractivity contribution in [2.45, 2.75) is 51.5 Å². The van der Waals surface area contributed by atoms with Crippen molar-refractivity contribution in [1.82, 2.24) is 9.36 Å². The first-order valence-corrected chi connectivity index (χ1v) is 7.06. The lowest BCUT2D eigenvalue weighted by atomic mass is 9.96. The molecule has 2 rings (SSSR count). The number of hydrogen-bond donors (Lipinski definition) is 2. The van der Waals surface area contributed by atoms with Crippen molar-refractivity contribution < 1.29 is 0 Å². The maximum atomic E-state index is 5.90. The molecule has 5 heteroatoms. The molecule has 17 heavy (non-hydrogen) atoms. The van der Waals surface area contributed by atoms with Gasteiger partial charge in [0.05, 0.1) is 0 Å². The molecule has 3 N–H and O–H groups in total. The first-order valence-electron chi connectivity index (χ1n) is 6.29. The summed E-state index contributed by atoms with van der Waals surface area (Å²) in [5.41, 5.74) is 5.94. The molecule has 2 atom stereocenters. The molecule has 0 saturated heterocycles. The van der Waals surface area contributed by atoms with Gasteiger partial charge in [0, 0.05) is 29.5 Å². The van der Waals surface area contributed by atoms with Gasteiger partial charge in [-0.1, -0.05) is 20.8 Å². The van der Waals surface area contributed by atoms with Crippen molar-refractivity contribution >= 4 is 16.7 Å². The molecule has 0 amide bonds. The van der Waals surface area contributed by atoms with E-state index in [4.69, 9.17) is 5.73 Å². The second kappa shape index (κ2) is 4.90. The summed E-state index contributed by atoms with van der Waals surface area (Å²) in [5, 5.41) is 4.33. The van der Waals surface area contributed by atoms with Crippen LogP contribution in [0.5, 0.6) is 0 Å². The first-order chi connectivity index (χ1) is 7.95.